The molecule has 0 saturated heterocycles. The molecule has 1 aromatic rings. The first-order valence-corrected chi connectivity index (χ1v) is 5.49. The third-order valence-corrected chi connectivity index (χ3v) is 2.88. The van der Waals surface area contributed by atoms with E-state index in [9.17, 15) is 0 Å². The van der Waals surface area contributed by atoms with E-state index in [-0.39, 0.29) is 0 Å². The molecule has 1 atom stereocenters. The van der Waals surface area contributed by atoms with Crippen molar-refractivity contribution in [3.8, 4) is 0 Å². The average molecular weight is 190 g/mol. The molecule has 1 aliphatic carbocycles. The number of nitrogens with one attached hydrogen (secondary N) is 1. The second-order valence-corrected chi connectivity index (χ2v) is 4.22. The first-order valence-electron chi connectivity index (χ1n) is 5.49. The summed E-state index contributed by atoms with van der Waals surface area (Å²) in [5, 5.41) is 3.51. The van der Waals surface area contributed by atoms with Gasteiger partial charge in [-0.1, -0.05) is 13.0 Å². The quantitative estimate of drug-likeness (QED) is 0.789. The largest absolute Gasteiger partial charge is 0.367 e. The molecule has 76 valence electrons. The van der Waals surface area contributed by atoms with Crippen LogP contribution in [0.25, 0.3) is 0 Å². The number of rotatable bonds is 4. The smallest absolute Gasteiger partial charge is 0.126 e. The Balaban J connectivity index is 1.98. The highest BCUT2D eigenvalue weighted by molar-refractivity contribution is 5.36. The summed E-state index contributed by atoms with van der Waals surface area (Å²) in [6.45, 7) is 4.30. The maximum Gasteiger partial charge on any atom is 0.126 e. The highest BCUT2D eigenvalue weighted by atomic mass is 15.0. The molecule has 1 aromatic heterocycles. The van der Waals surface area contributed by atoms with Crippen molar-refractivity contribution >= 4 is 5.82 Å². The maximum absolute atomic E-state index is 4.37. The van der Waals surface area contributed by atoms with E-state index in [1.165, 1.54) is 24.8 Å². The van der Waals surface area contributed by atoms with Crippen molar-refractivity contribution < 1.29 is 0 Å². The normalized spacial score (nSPS) is 17.9. The third kappa shape index (κ3) is 2.25. The summed E-state index contributed by atoms with van der Waals surface area (Å²) in [4.78, 5) is 4.37. The predicted molar refractivity (Wildman–Crippen MR) is 59.4 cm³/mol. The van der Waals surface area contributed by atoms with Gasteiger partial charge in [-0.15, -0.1) is 0 Å². The molecule has 2 heteroatoms. The first kappa shape index (κ1) is 9.50. The van der Waals surface area contributed by atoms with Crippen LogP contribution in [0.4, 0.5) is 5.82 Å². The monoisotopic (exact) mass is 190 g/mol. The van der Waals surface area contributed by atoms with Crippen LogP contribution in [0.15, 0.2) is 18.3 Å². The van der Waals surface area contributed by atoms with Crippen LogP contribution in [-0.4, -0.2) is 11.0 Å². The van der Waals surface area contributed by atoms with E-state index in [1.54, 1.807) is 0 Å². The van der Waals surface area contributed by atoms with Gasteiger partial charge in [-0.05, 0) is 43.7 Å². The number of aromatic nitrogens is 1. The van der Waals surface area contributed by atoms with Gasteiger partial charge in [0, 0.05) is 12.2 Å². The van der Waals surface area contributed by atoms with Crippen LogP contribution >= 0.6 is 0 Å². The summed E-state index contributed by atoms with van der Waals surface area (Å²) >= 11 is 0. The molecular weight excluding hydrogens is 172 g/mol. The topological polar surface area (TPSA) is 24.9 Å². The Morgan fingerprint density at radius 1 is 1.50 bits per heavy atom. The zero-order valence-corrected chi connectivity index (χ0v) is 8.96. The van der Waals surface area contributed by atoms with Crippen LogP contribution < -0.4 is 5.32 Å². The zero-order chi connectivity index (χ0) is 9.97. The lowest BCUT2D eigenvalue weighted by Crippen LogP contribution is -2.21. The van der Waals surface area contributed by atoms with Crippen molar-refractivity contribution in [2.75, 3.05) is 5.32 Å². The Bertz CT molecular complexity index is 288. The van der Waals surface area contributed by atoms with Gasteiger partial charge in [0.15, 0.2) is 0 Å². The van der Waals surface area contributed by atoms with Crippen LogP contribution in [0.2, 0.25) is 0 Å². The second-order valence-electron chi connectivity index (χ2n) is 4.22. The van der Waals surface area contributed by atoms with Gasteiger partial charge in [-0.25, -0.2) is 4.98 Å². The summed E-state index contributed by atoms with van der Waals surface area (Å²) < 4.78 is 0. The van der Waals surface area contributed by atoms with E-state index in [0.717, 1.165) is 11.7 Å². The summed E-state index contributed by atoms with van der Waals surface area (Å²) in [7, 11) is 0. The number of pyridine rings is 1. The Kier molecular flexibility index (Phi) is 2.71. The molecule has 0 spiro atoms. The number of hydrogen-bond acceptors (Lipinski definition) is 2. The van der Waals surface area contributed by atoms with E-state index in [0.29, 0.717) is 6.04 Å². The Morgan fingerprint density at radius 3 is 2.79 bits per heavy atom. The predicted octanol–water partition coefficient (Wildman–Crippen LogP) is 2.99. The lowest BCUT2D eigenvalue weighted by molar-refractivity contribution is 0.614. The molecule has 1 N–H and O–H groups in total. The molecule has 0 radical (unpaired) electrons. The van der Waals surface area contributed by atoms with E-state index >= 15 is 0 Å². The van der Waals surface area contributed by atoms with Crippen molar-refractivity contribution in [3.05, 3.63) is 23.9 Å². The summed E-state index contributed by atoms with van der Waals surface area (Å²) in [6, 6.07) is 4.81. The maximum atomic E-state index is 4.37. The fraction of sp³-hybridized carbons (Fsp3) is 0.583. The van der Waals surface area contributed by atoms with Gasteiger partial charge in [0.25, 0.3) is 0 Å². The lowest BCUT2D eigenvalue weighted by atomic mass is 10.1. The van der Waals surface area contributed by atoms with Gasteiger partial charge >= 0.3 is 0 Å². The molecule has 0 bridgehead atoms. The van der Waals surface area contributed by atoms with Crippen molar-refractivity contribution in [2.45, 2.75) is 39.2 Å². The number of hydrogen-bond donors (Lipinski definition) is 1. The molecule has 2 rings (SSSR count). The lowest BCUT2D eigenvalue weighted by Gasteiger charge is -2.16. The highest BCUT2D eigenvalue weighted by Crippen LogP contribution is 2.35. The van der Waals surface area contributed by atoms with E-state index in [2.05, 4.69) is 36.3 Å². The van der Waals surface area contributed by atoms with Crippen LogP contribution in [0.1, 0.15) is 31.7 Å². The SMILES string of the molecule is CCC(Nc1ccc(C)cn1)C1CC1. The molecule has 0 aromatic carbocycles. The summed E-state index contributed by atoms with van der Waals surface area (Å²) in [6.07, 6.45) is 5.89. The van der Waals surface area contributed by atoms with Crippen molar-refractivity contribution in [1.29, 1.82) is 0 Å². The van der Waals surface area contributed by atoms with E-state index in [4.69, 9.17) is 0 Å². The van der Waals surface area contributed by atoms with E-state index in [1.807, 2.05) is 6.20 Å². The molecular formula is C12H18N2. The summed E-state index contributed by atoms with van der Waals surface area (Å²) in [5.41, 5.74) is 1.22. The van der Waals surface area contributed by atoms with Gasteiger partial charge < -0.3 is 5.32 Å². The van der Waals surface area contributed by atoms with Crippen LogP contribution in [-0.2, 0) is 0 Å². The molecule has 1 aliphatic rings. The first-order chi connectivity index (χ1) is 6.79. The summed E-state index contributed by atoms with van der Waals surface area (Å²) in [5.74, 6) is 1.91. The zero-order valence-electron chi connectivity index (χ0n) is 8.96. The molecule has 1 fully saturated rings. The second kappa shape index (κ2) is 3.99. The van der Waals surface area contributed by atoms with Gasteiger partial charge in [-0.3, -0.25) is 0 Å². The number of aryl methyl sites for hydroxylation is 1. The van der Waals surface area contributed by atoms with Gasteiger partial charge in [0.2, 0.25) is 0 Å². The van der Waals surface area contributed by atoms with Gasteiger partial charge in [0.05, 0.1) is 0 Å². The fourth-order valence-corrected chi connectivity index (χ4v) is 1.79. The van der Waals surface area contributed by atoms with Gasteiger partial charge in [-0.2, -0.15) is 0 Å². The van der Waals surface area contributed by atoms with E-state index < -0.39 is 0 Å². The Hall–Kier alpha value is -1.05. The minimum atomic E-state index is 0.630. The molecule has 0 amide bonds. The number of anilines is 1. The molecule has 1 saturated carbocycles. The highest BCUT2D eigenvalue weighted by Gasteiger charge is 2.29. The van der Waals surface area contributed by atoms with Gasteiger partial charge in [0.1, 0.15) is 5.82 Å². The van der Waals surface area contributed by atoms with Crippen LogP contribution in [0, 0.1) is 12.8 Å². The number of nitrogens with zero attached hydrogens (tertiary/aromatic N) is 1. The molecule has 0 aliphatic heterocycles. The van der Waals surface area contributed by atoms with Crippen LogP contribution in [0.3, 0.4) is 0 Å². The van der Waals surface area contributed by atoms with Crippen molar-refractivity contribution in [3.63, 3.8) is 0 Å². The standard InChI is InChI=1S/C12H18N2/c1-3-11(10-5-6-10)14-12-7-4-9(2)8-13-12/h4,7-8,10-11H,3,5-6H2,1-2H3,(H,13,14). The molecule has 2 nitrogen and oxygen atoms in total. The Morgan fingerprint density at radius 2 is 2.29 bits per heavy atom. The van der Waals surface area contributed by atoms with Crippen molar-refractivity contribution in [1.82, 2.24) is 4.98 Å². The Labute approximate surface area is 85.7 Å². The minimum absolute atomic E-state index is 0.630. The fourth-order valence-electron chi connectivity index (χ4n) is 1.79. The molecule has 1 heterocycles. The van der Waals surface area contributed by atoms with Crippen LogP contribution in [0.5, 0.6) is 0 Å². The van der Waals surface area contributed by atoms with Crippen molar-refractivity contribution in [2.24, 2.45) is 5.92 Å². The molecule has 14 heavy (non-hydrogen) atoms. The minimum Gasteiger partial charge on any atom is -0.367 e. The average Bonchev–Trinajstić information content (AvgIpc) is 3.01. The third-order valence-electron chi connectivity index (χ3n) is 2.88. The molecule has 1 unspecified atom stereocenters.